The van der Waals surface area contributed by atoms with E-state index in [2.05, 4.69) is 4.90 Å². The van der Waals surface area contributed by atoms with Crippen molar-refractivity contribution in [3.63, 3.8) is 0 Å². The van der Waals surface area contributed by atoms with Gasteiger partial charge in [0.25, 0.3) is 0 Å². The summed E-state index contributed by atoms with van der Waals surface area (Å²) in [5, 5.41) is 0.303. The highest BCUT2D eigenvalue weighted by Gasteiger charge is 2.34. The van der Waals surface area contributed by atoms with E-state index < -0.39 is 17.7 Å². The Labute approximate surface area is 253 Å². The highest BCUT2D eigenvalue weighted by molar-refractivity contribution is 6.32. The molecule has 0 amide bonds. The standard InChI is InChI=1S/C33H30Cl2F3NO3/c1-41-32(40)24-12-7-14-26(20-24)42-19-9-18-39(21-25-13-8-16-29(31(25)35)33(36,37)38)22-28(23-10-3-2-4-11-23)27-15-5-6-17-30(27)34/h2-8,10-17,20,28H,9,18-19,21-22H2,1H3. The van der Waals surface area contributed by atoms with Crippen LogP contribution in [0.1, 0.15) is 45.0 Å². The maximum absolute atomic E-state index is 13.6. The summed E-state index contributed by atoms with van der Waals surface area (Å²) in [4.78, 5) is 13.9. The number of carbonyl (C=O) groups excluding carboxylic acids is 1. The fourth-order valence-electron chi connectivity index (χ4n) is 4.79. The molecule has 220 valence electrons. The van der Waals surface area contributed by atoms with Crippen molar-refractivity contribution in [3.8, 4) is 5.75 Å². The molecule has 0 N–H and O–H groups in total. The molecule has 4 aromatic rings. The Hall–Kier alpha value is -3.52. The van der Waals surface area contributed by atoms with E-state index in [0.29, 0.717) is 48.0 Å². The molecule has 0 aliphatic rings. The molecule has 4 nitrogen and oxygen atoms in total. The van der Waals surface area contributed by atoms with E-state index in [9.17, 15) is 18.0 Å². The number of carbonyl (C=O) groups is 1. The fourth-order valence-corrected chi connectivity index (χ4v) is 5.35. The first-order valence-corrected chi connectivity index (χ1v) is 14.1. The van der Waals surface area contributed by atoms with Crippen LogP contribution in [0, 0.1) is 0 Å². The molecule has 1 atom stereocenters. The van der Waals surface area contributed by atoms with Gasteiger partial charge in [0.2, 0.25) is 0 Å². The molecular weight excluding hydrogens is 586 g/mol. The van der Waals surface area contributed by atoms with Crippen LogP contribution in [0.5, 0.6) is 5.75 Å². The first-order valence-electron chi connectivity index (χ1n) is 13.3. The SMILES string of the molecule is COC(=O)c1cccc(OCCCN(Cc2cccc(C(F)(F)F)c2Cl)CC(c2ccccc2)c2ccccc2Cl)c1. The van der Waals surface area contributed by atoms with Gasteiger partial charge < -0.3 is 9.47 Å². The molecule has 0 fully saturated rings. The molecule has 9 heteroatoms. The second kappa shape index (κ2) is 14.6. The molecular formula is C33H30Cl2F3NO3. The normalized spacial score (nSPS) is 12.3. The summed E-state index contributed by atoms with van der Waals surface area (Å²) in [7, 11) is 1.31. The van der Waals surface area contributed by atoms with Gasteiger partial charge in [-0.15, -0.1) is 0 Å². The summed E-state index contributed by atoms with van der Waals surface area (Å²) in [5.41, 5.74) is 1.84. The van der Waals surface area contributed by atoms with Gasteiger partial charge in [0, 0.05) is 30.6 Å². The van der Waals surface area contributed by atoms with Crippen molar-refractivity contribution < 1.29 is 27.4 Å². The van der Waals surface area contributed by atoms with E-state index in [0.717, 1.165) is 17.2 Å². The lowest BCUT2D eigenvalue weighted by atomic mass is 9.90. The fraction of sp³-hybridized carbons (Fsp3) is 0.242. The third-order valence-electron chi connectivity index (χ3n) is 6.84. The minimum absolute atomic E-state index is 0.151. The van der Waals surface area contributed by atoms with Gasteiger partial charge in [0.1, 0.15) is 5.75 Å². The number of benzene rings is 4. The third-order valence-corrected chi connectivity index (χ3v) is 7.63. The minimum Gasteiger partial charge on any atom is -0.494 e. The summed E-state index contributed by atoms with van der Waals surface area (Å²) in [6.07, 6.45) is -4.00. The second-order valence-corrected chi connectivity index (χ2v) is 10.5. The summed E-state index contributed by atoms with van der Waals surface area (Å²) in [6, 6.07) is 28.1. The number of esters is 1. The largest absolute Gasteiger partial charge is 0.494 e. The Morgan fingerprint density at radius 3 is 2.33 bits per heavy atom. The van der Waals surface area contributed by atoms with Crippen molar-refractivity contribution in [2.24, 2.45) is 0 Å². The molecule has 42 heavy (non-hydrogen) atoms. The quantitative estimate of drug-likeness (QED) is 0.118. The maximum atomic E-state index is 13.6. The lowest BCUT2D eigenvalue weighted by Gasteiger charge is -2.29. The topological polar surface area (TPSA) is 38.8 Å². The number of hydrogen-bond acceptors (Lipinski definition) is 4. The molecule has 0 heterocycles. The lowest BCUT2D eigenvalue weighted by molar-refractivity contribution is -0.137. The van der Waals surface area contributed by atoms with Gasteiger partial charge >= 0.3 is 12.1 Å². The van der Waals surface area contributed by atoms with Crippen molar-refractivity contribution in [2.75, 3.05) is 26.8 Å². The van der Waals surface area contributed by atoms with Crippen LogP contribution in [0.15, 0.2) is 97.1 Å². The number of methoxy groups -OCH3 is 1. The van der Waals surface area contributed by atoms with Crippen LogP contribution in [-0.2, 0) is 17.5 Å². The van der Waals surface area contributed by atoms with Crippen molar-refractivity contribution in [2.45, 2.75) is 25.1 Å². The van der Waals surface area contributed by atoms with Crippen LogP contribution in [0.4, 0.5) is 13.2 Å². The van der Waals surface area contributed by atoms with Crippen LogP contribution in [0.25, 0.3) is 0 Å². The Morgan fingerprint density at radius 1 is 0.905 bits per heavy atom. The summed E-state index contributed by atoms with van der Waals surface area (Å²) >= 11 is 12.9. The molecule has 0 bridgehead atoms. The zero-order valence-corrected chi connectivity index (χ0v) is 24.4. The van der Waals surface area contributed by atoms with Gasteiger partial charge in [-0.2, -0.15) is 13.2 Å². The Bertz CT molecular complexity index is 1480. The molecule has 0 saturated carbocycles. The van der Waals surface area contributed by atoms with Crippen LogP contribution in [0.3, 0.4) is 0 Å². The molecule has 1 unspecified atom stereocenters. The molecule has 0 aromatic heterocycles. The summed E-state index contributed by atoms with van der Waals surface area (Å²) in [6.45, 7) is 1.48. The number of nitrogens with zero attached hydrogens (tertiary/aromatic N) is 1. The van der Waals surface area contributed by atoms with Crippen molar-refractivity contribution in [1.29, 1.82) is 0 Å². The first-order chi connectivity index (χ1) is 20.2. The highest BCUT2D eigenvalue weighted by atomic mass is 35.5. The van der Waals surface area contributed by atoms with Crippen LogP contribution in [0.2, 0.25) is 10.0 Å². The number of rotatable bonds is 12. The van der Waals surface area contributed by atoms with Gasteiger partial charge in [0.15, 0.2) is 0 Å². The first kappa shape index (κ1) is 31.4. The van der Waals surface area contributed by atoms with E-state index in [1.54, 1.807) is 30.3 Å². The molecule has 0 spiro atoms. The van der Waals surface area contributed by atoms with Crippen molar-refractivity contribution >= 4 is 29.2 Å². The van der Waals surface area contributed by atoms with Gasteiger partial charge in [-0.05, 0) is 53.4 Å². The average molecular weight is 617 g/mol. The zero-order valence-electron chi connectivity index (χ0n) is 22.9. The molecule has 0 aliphatic heterocycles. The molecule has 4 rings (SSSR count). The molecule has 0 aliphatic carbocycles. The zero-order chi connectivity index (χ0) is 30.1. The van der Waals surface area contributed by atoms with E-state index in [-0.39, 0.29) is 17.5 Å². The van der Waals surface area contributed by atoms with Crippen LogP contribution >= 0.6 is 23.2 Å². The Kier molecular flexibility index (Phi) is 10.9. The van der Waals surface area contributed by atoms with Crippen molar-refractivity contribution in [3.05, 3.63) is 135 Å². The van der Waals surface area contributed by atoms with E-state index in [1.807, 2.05) is 54.6 Å². The summed E-state index contributed by atoms with van der Waals surface area (Å²) in [5.74, 6) is -0.0955. The number of ether oxygens (including phenoxy) is 2. The van der Waals surface area contributed by atoms with Crippen LogP contribution < -0.4 is 4.74 Å². The van der Waals surface area contributed by atoms with E-state index >= 15 is 0 Å². The maximum Gasteiger partial charge on any atom is 0.417 e. The molecule has 0 saturated heterocycles. The minimum atomic E-state index is -4.56. The average Bonchev–Trinajstić information content (AvgIpc) is 2.99. The Morgan fingerprint density at radius 2 is 1.62 bits per heavy atom. The lowest BCUT2D eigenvalue weighted by Crippen LogP contribution is -2.31. The third kappa shape index (κ3) is 8.28. The van der Waals surface area contributed by atoms with E-state index in [1.165, 1.54) is 13.2 Å². The predicted octanol–water partition coefficient (Wildman–Crippen LogP) is 8.90. The van der Waals surface area contributed by atoms with E-state index in [4.69, 9.17) is 32.7 Å². The molecule has 4 aromatic carbocycles. The number of halogens is 5. The summed E-state index contributed by atoms with van der Waals surface area (Å²) < 4.78 is 51.5. The number of alkyl halides is 3. The van der Waals surface area contributed by atoms with Gasteiger partial charge in [0.05, 0.1) is 29.9 Å². The van der Waals surface area contributed by atoms with Gasteiger partial charge in [-0.3, -0.25) is 4.90 Å². The van der Waals surface area contributed by atoms with Gasteiger partial charge in [-0.25, -0.2) is 4.79 Å². The van der Waals surface area contributed by atoms with Gasteiger partial charge in [-0.1, -0.05) is 89.9 Å². The molecule has 0 radical (unpaired) electrons. The highest BCUT2D eigenvalue weighted by Crippen LogP contribution is 2.37. The smallest absolute Gasteiger partial charge is 0.417 e. The van der Waals surface area contributed by atoms with Crippen LogP contribution in [-0.4, -0.2) is 37.7 Å². The Balaban J connectivity index is 1.58. The predicted molar refractivity (Wildman–Crippen MR) is 159 cm³/mol. The monoisotopic (exact) mass is 615 g/mol. The second-order valence-electron chi connectivity index (χ2n) is 9.72. The number of hydrogen-bond donors (Lipinski definition) is 0. The van der Waals surface area contributed by atoms with Crippen molar-refractivity contribution in [1.82, 2.24) is 4.90 Å².